The molecule has 1 saturated heterocycles. The maximum Gasteiger partial charge on any atom is 0.435 e. The van der Waals surface area contributed by atoms with Crippen LogP contribution < -0.4 is 10.6 Å². The lowest BCUT2D eigenvalue weighted by atomic mass is 9.66. The number of nitrogens with one attached hydrogen (secondary N) is 2. The minimum absolute atomic E-state index is 0.00297. The first-order chi connectivity index (χ1) is 27.0. The van der Waals surface area contributed by atoms with E-state index in [0.29, 0.717) is 54.2 Å². The van der Waals surface area contributed by atoms with E-state index in [-0.39, 0.29) is 29.7 Å². The van der Waals surface area contributed by atoms with Crippen LogP contribution in [0.5, 0.6) is 0 Å². The van der Waals surface area contributed by atoms with Gasteiger partial charge in [0, 0.05) is 43.0 Å². The van der Waals surface area contributed by atoms with Gasteiger partial charge in [-0.3, -0.25) is 14.3 Å². The van der Waals surface area contributed by atoms with E-state index < -0.39 is 23.3 Å². The molecule has 1 aromatic carbocycles. The fourth-order valence-electron chi connectivity index (χ4n) is 9.08. The van der Waals surface area contributed by atoms with Gasteiger partial charge in [-0.25, -0.2) is 9.59 Å². The number of likely N-dealkylation sites (tertiary alicyclic amines) is 1. The third kappa shape index (κ3) is 10.4. The van der Waals surface area contributed by atoms with Gasteiger partial charge in [-0.05, 0) is 96.9 Å². The first-order valence-electron chi connectivity index (χ1n) is 21.0. The summed E-state index contributed by atoms with van der Waals surface area (Å²) in [5, 5.41) is 15.4. The zero-order chi connectivity index (χ0) is 41.1. The highest BCUT2D eigenvalue weighted by atomic mass is 16.6. The van der Waals surface area contributed by atoms with Crippen LogP contribution in [-0.4, -0.2) is 78.8 Å². The third-order valence-electron chi connectivity index (χ3n) is 11.6. The largest absolute Gasteiger partial charge is 0.444 e. The Balaban J connectivity index is 1.21. The van der Waals surface area contributed by atoms with Crippen LogP contribution in [0.3, 0.4) is 0 Å². The minimum Gasteiger partial charge on any atom is -0.444 e. The number of carbonyl (C=O) groups is 4. The molecule has 13 nitrogen and oxygen atoms in total. The van der Waals surface area contributed by atoms with Gasteiger partial charge in [0.15, 0.2) is 0 Å². The fourth-order valence-corrected chi connectivity index (χ4v) is 9.08. The van der Waals surface area contributed by atoms with Crippen molar-refractivity contribution in [3.8, 4) is 11.1 Å². The Bertz CT molecular complexity index is 1870. The van der Waals surface area contributed by atoms with Crippen LogP contribution >= 0.6 is 0 Å². The second kappa shape index (κ2) is 17.4. The standard InChI is InChI=1S/C44H63N7O6/c1-28-36(29(2)51(48-28)42(55)57-44(6,7)8)33-19-21-34(22-20-33)46-40(53)38(37(31-15-11-9-12-16-31)32-17-13-10-14-18-32)47-39(52)35-23-24-45-50(35)27-30-25-49(26-30)41(54)56-43(3,4)5/h19-24,30-32,37-38H,9-18,25-27H2,1-8H3,(H,46,53)(H,47,52)/t38-/m0/s1. The summed E-state index contributed by atoms with van der Waals surface area (Å²) < 4.78 is 14.1. The van der Waals surface area contributed by atoms with Crippen molar-refractivity contribution in [1.29, 1.82) is 0 Å². The molecule has 13 heteroatoms. The zero-order valence-electron chi connectivity index (χ0n) is 35.2. The molecule has 3 amide bonds. The van der Waals surface area contributed by atoms with Crippen molar-refractivity contribution in [2.24, 2.45) is 23.7 Å². The van der Waals surface area contributed by atoms with Gasteiger partial charge in [-0.2, -0.15) is 14.9 Å². The molecule has 0 unspecified atom stereocenters. The van der Waals surface area contributed by atoms with Crippen molar-refractivity contribution >= 4 is 29.7 Å². The van der Waals surface area contributed by atoms with Crippen LogP contribution in [0.4, 0.5) is 15.3 Å². The first kappa shape index (κ1) is 41.9. The quantitative estimate of drug-likeness (QED) is 0.208. The number of amides is 3. The summed E-state index contributed by atoms with van der Waals surface area (Å²) in [4.78, 5) is 56.0. The molecule has 3 heterocycles. The van der Waals surface area contributed by atoms with E-state index in [1.165, 1.54) is 17.5 Å². The average molecular weight is 786 g/mol. The molecule has 2 N–H and O–H groups in total. The van der Waals surface area contributed by atoms with E-state index >= 15 is 0 Å². The SMILES string of the molecule is Cc1nn(C(=O)OC(C)(C)C)c(C)c1-c1ccc(NC(=O)[C@@H](NC(=O)c2ccnn2CC2CN(C(=O)OC(C)(C)C)C2)C(C2CCCCC2)C2CCCCC2)cc1. The summed E-state index contributed by atoms with van der Waals surface area (Å²) >= 11 is 0. The molecule has 0 bridgehead atoms. The van der Waals surface area contributed by atoms with E-state index in [1.54, 1.807) is 21.8 Å². The van der Waals surface area contributed by atoms with Crippen LogP contribution in [-0.2, 0) is 20.8 Å². The molecule has 2 saturated carbocycles. The molecule has 1 aliphatic heterocycles. The molecule has 2 aliphatic carbocycles. The van der Waals surface area contributed by atoms with Crippen LogP contribution in [0.1, 0.15) is 128 Å². The predicted octanol–water partition coefficient (Wildman–Crippen LogP) is 8.53. The highest BCUT2D eigenvalue weighted by Gasteiger charge is 2.42. The van der Waals surface area contributed by atoms with E-state index in [0.717, 1.165) is 62.5 Å². The van der Waals surface area contributed by atoms with Crippen molar-refractivity contribution in [3.63, 3.8) is 0 Å². The van der Waals surface area contributed by atoms with Crippen molar-refractivity contribution < 1.29 is 28.7 Å². The van der Waals surface area contributed by atoms with E-state index in [2.05, 4.69) is 20.8 Å². The molecule has 310 valence electrons. The van der Waals surface area contributed by atoms with Crippen LogP contribution in [0.2, 0.25) is 0 Å². The Kier molecular flexibility index (Phi) is 12.8. The lowest BCUT2D eigenvalue weighted by Crippen LogP contribution is -2.54. The molecule has 0 radical (unpaired) electrons. The van der Waals surface area contributed by atoms with Gasteiger partial charge in [0.25, 0.3) is 5.91 Å². The van der Waals surface area contributed by atoms with Crippen LogP contribution in [0.25, 0.3) is 11.1 Å². The average Bonchev–Trinajstić information content (AvgIpc) is 3.72. The summed E-state index contributed by atoms with van der Waals surface area (Å²) in [6, 6.07) is 8.53. The summed E-state index contributed by atoms with van der Waals surface area (Å²) in [6.45, 7) is 16.2. The number of nitrogens with zero attached hydrogens (tertiary/aromatic N) is 5. The number of ether oxygens (including phenoxy) is 2. The molecule has 57 heavy (non-hydrogen) atoms. The number of carbonyl (C=O) groups excluding carboxylic acids is 4. The van der Waals surface area contributed by atoms with Crippen LogP contribution in [0, 0.1) is 37.5 Å². The Morgan fingerprint density at radius 2 is 1.35 bits per heavy atom. The minimum atomic E-state index is -0.741. The lowest BCUT2D eigenvalue weighted by molar-refractivity contribution is -0.121. The lowest BCUT2D eigenvalue weighted by Gasteiger charge is -2.42. The number of rotatable bonds is 10. The monoisotopic (exact) mass is 785 g/mol. The zero-order valence-corrected chi connectivity index (χ0v) is 35.2. The number of hydrogen-bond acceptors (Lipinski definition) is 8. The molecule has 3 aromatic rings. The van der Waals surface area contributed by atoms with Gasteiger partial charge in [-0.1, -0.05) is 76.3 Å². The molecule has 0 spiro atoms. The Hall–Kier alpha value is -4.68. The second-order valence-corrected chi connectivity index (χ2v) is 18.5. The van der Waals surface area contributed by atoms with Crippen molar-refractivity contribution in [2.45, 2.75) is 143 Å². The van der Waals surface area contributed by atoms with Gasteiger partial charge in [0.05, 0.1) is 11.4 Å². The van der Waals surface area contributed by atoms with Crippen LogP contribution in [0.15, 0.2) is 36.5 Å². The van der Waals surface area contributed by atoms with Gasteiger partial charge in [-0.15, -0.1) is 0 Å². The normalized spacial score (nSPS) is 17.9. The molecular weight excluding hydrogens is 723 g/mol. The topological polar surface area (TPSA) is 150 Å². The van der Waals surface area contributed by atoms with Gasteiger partial charge in [0.2, 0.25) is 5.91 Å². The molecular formula is C44H63N7O6. The van der Waals surface area contributed by atoms with Gasteiger partial charge in [0.1, 0.15) is 22.9 Å². The molecule has 6 rings (SSSR count). The third-order valence-corrected chi connectivity index (χ3v) is 11.6. The molecule has 3 aliphatic rings. The summed E-state index contributed by atoms with van der Waals surface area (Å²) in [5.41, 5.74) is 2.85. The number of benzene rings is 1. The number of aromatic nitrogens is 4. The summed E-state index contributed by atoms with van der Waals surface area (Å²) in [6.07, 6.45) is 11.9. The molecule has 2 aromatic heterocycles. The van der Waals surface area contributed by atoms with E-state index in [4.69, 9.17) is 9.47 Å². The smallest absolute Gasteiger partial charge is 0.435 e. The summed E-state index contributed by atoms with van der Waals surface area (Å²) in [7, 11) is 0. The van der Waals surface area contributed by atoms with Crippen molar-refractivity contribution in [3.05, 3.63) is 53.6 Å². The van der Waals surface area contributed by atoms with E-state index in [9.17, 15) is 19.2 Å². The number of hydrogen-bond donors (Lipinski definition) is 2. The molecule has 1 atom stereocenters. The van der Waals surface area contributed by atoms with Crippen molar-refractivity contribution in [1.82, 2.24) is 29.8 Å². The summed E-state index contributed by atoms with van der Waals surface area (Å²) in [5.74, 6) is 0.264. The predicted molar refractivity (Wildman–Crippen MR) is 219 cm³/mol. The highest BCUT2D eigenvalue weighted by molar-refractivity contribution is 6.01. The maximum absolute atomic E-state index is 14.7. The maximum atomic E-state index is 14.7. The second-order valence-electron chi connectivity index (χ2n) is 18.5. The highest BCUT2D eigenvalue weighted by Crippen LogP contribution is 2.42. The van der Waals surface area contributed by atoms with Crippen molar-refractivity contribution in [2.75, 3.05) is 18.4 Å². The Morgan fingerprint density at radius 3 is 1.91 bits per heavy atom. The molecule has 3 fully saturated rings. The Labute approximate surface area is 337 Å². The fraction of sp³-hybridized carbons (Fsp3) is 0.636. The van der Waals surface area contributed by atoms with Gasteiger partial charge >= 0.3 is 12.2 Å². The van der Waals surface area contributed by atoms with E-state index in [1.807, 2.05) is 79.7 Å². The number of aryl methyl sites for hydroxylation is 1. The first-order valence-corrected chi connectivity index (χ1v) is 21.0. The Morgan fingerprint density at radius 1 is 0.789 bits per heavy atom. The van der Waals surface area contributed by atoms with Gasteiger partial charge < -0.3 is 25.0 Å². The number of anilines is 1.